The molecule has 3 heterocycles. The highest BCUT2D eigenvalue weighted by Crippen LogP contribution is 2.29. The monoisotopic (exact) mass is 547 g/mol. The highest BCUT2D eigenvalue weighted by atomic mass is 35.5. The number of aromatic nitrogens is 6. The van der Waals surface area contributed by atoms with Gasteiger partial charge >= 0.3 is 11.4 Å². The Labute approximate surface area is 215 Å². The smallest absolute Gasteiger partial charge is 0.324 e. The SMILES string of the molecule is Cc1cnc(Cn2c(=O)nc(Nc3cc4cn(C)nc4cc3Cl)n(Cc3cc(F)c(F)cc3F)c2=O)s1. The van der Waals surface area contributed by atoms with E-state index in [2.05, 4.69) is 20.4 Å². The van der Waals surface area contributed by atoms with Crippen LogP contribution in [0, 0.1) is 24.4 Å². The number of benzene rings is 2. The van der Waals surface area contributed by atoms with Gasteiger partial charge in [0.25, 0.3) is 0 Å². The van der Waals surface area contributed by atoms with Crippen molar-refractivity contribution in [1.29, 1.82) is 0 Å². The molecular formula is C23H17ClF3N7O2S. The quantitative estimate of drug-likeness (QED) is 0.323. The molecule has 0 amide bonds. The summed E-state index contributed by atoms with van der Waals surface area (Å²) in [5, 5.41) is 8.53. The summed E-state index contributed by atoms with van der Waals surface area (Å²) in [6.45, 7) is 1.09. The summed E-state index contributed by atoms with van der Waals surface area (Å²) < 4.78 is 45.3. The summed E-state index contributed by atoms with van der Waals surface area (Å²) in [4.78, 5) is 35.4. The average Bonchev–Trinajstić information content (AvgIpc) is 3.40. The normalized spacial score (nSPS) is 11.4. The standard InChI is InChI=1S/C23H17ClF3N7O2S/c1-11-7-28-20(37-11)10-34-22(35)30-21(29-19-4-13-8-32(2)31-18(13)5-14(19)24)33(23(34)36)9-12-3-16(26)17(27)6-15(12)25/h3-8H,9-10H2,1-2H3,(H,29,30,35). The lowest BCUT2D eigenvalue weighted by Gasteiger charge is -2.16. The van der Waals surface area contributed by atoms with Crippen molar-refractivity contribution in [3.8, 4) is 0 Å². The van der Waals surface area contributed by atoms with Crippen LogP contribution in [0.5, 0.6) is 0 Å². The molecular weight excluding hydrogens is 531 g/mol. The second kappa shape index (κ2) is 9.48. The second-order valence-corrected chi connectivity index (χ2v) is 9.94. The van der Waals surface area contributed by atoms with E-state index in [1.807, 2.05) is 6.92 Å². The van der Waals surface area contributed by atoms with Crippen molar-refractivity contribution >= 4 is 45.5 Å². The molecule has 5 aromatic rings. The van der Waals surface area contributed by atoms with Gasteiger partial charge in [0.15, 0.2) is 11.6 Å². The molecule has 0 unspecified atom stereocenters. The van der Waals surface area contributed by atoms with Gasteiger partial charge in [0.1, 0.15) is 10.8 Å². The third-order valence-corrected chi connectivity index (χ3v) is 6.69. The van der Waals surface area contributed by atoms with Crippen molar-refractivity contribution in [1.82, 2.24) is 28.9 Å². The maximum Gasteiger partial charge on any atom is 0.355 e. The van der Waals surface area contributed by atoms with Gasteiger partial charge in [-0.05, 0) is 25.1 Å². The molecule has 3 aromatic heterocycles. The number of nitrogens with one attached hydrogen (secondary N) is 1. The van der Waals surface area contributed by atoms with Gasteiger partial charge in [0.2, 0.25) is 5.95 Å². The minimum absolute atomic E-state index is 0.174. The van der Waals surface area contributed by atoms with Crippen molar-refractivity contribution in [2.45, 2.75) is 20.0 Å². The van der Waals surface area contributed by atoms with Crippen molar-refractivity contribution in [2.75, 3.05) is 5.32 Å². The summed E-state index contributed by atoms with van der Waals surface area (Å²) >= 11 is 7.68. The predicted octanol–water partition coefficient (Wildman–Crippen LogP) is 3.97. The first-order chi connectivity index (χ1) is 17.6. The zero-order valence-electron chi connectivity index (χ0n) is 19.3. The molecule has 0 fully saturated rings. The van der Waals surface area contributed by atoms with Gasteiger partial charge in [0.05, 0.1) is 29.3 Å². The van der Waals surface area contributed by atoms with Gasteiger partial charge in [0, 0.05) is 41.3 Å². The van der Waals surface area contributed by atoms with E-state index < -0.39 is 35.4 Å². The lowest BCUT2D eigenvalue weighted by molar-refractivity contribution is 0.485. The molecule has 1 N–H and O–H groups in total. The minimum Gasteiger partial charge on any atom is -0.324 e. The van der Waals surface area contributed by atoms with E-state index in [1.54, 1.807) is 36.3 Å². The van der Waals surface area contributed by atoms with E-state index in [1.165, 1.54) is 11.3 Å². The second-order valence-electron chi connectivity index (χ2n) is 8.21. The summed E-state index contributed by atoms with van der Waals surface area (Å²) in [5.41, 5.74) is -1.17. The van der Waals surface area contributed by atoms with Crippen LogP contribution in [0.4, 0.5) is 24.8 Å². The predicted molar refractivity (Wildman–Crippen MR) is 133 cm³/mol. The zero-order chi connectivity index (χ0) is 26.4. The van der Waals surface area contributed by atoms with Crippen molar-refractivity contribution in [3.63, 3.8) is 0 Å². The number of anilines is 2. The van der Waals surface area contributed by atoms with E-state index in [9.17, 15) is 22.8 Å². The van der Waals surface area contributed by atoms with Crippen LogP contribution in [-0.4, -0.2) is 28.9 Å². The maximum absolute atomic E-state index is 14.5. The fourth-order valence-electron chi connectivity index (χ4n) is 3.75. The van der Waals surface area contributed by atoms with E-state index in [0.717, 1.165) is 14.0 Å². The highest BCUT2D eigenvalue weighted by Gasteiger charge is 2.19. The number of rotatable bonds is 6. The molecule has 2 aromatic carbocycles. The first kappa shape index (κ1) is 24.7. The fraction of sp³-hybridized carbons (Fsp3) is 0.174. The van der Waals surface area contributed by atoms with Crippen LogP contribution < -0.4 is 16.7 Å². The maximum atomic E-state index is 14.5. The number of fused-ring (bicyclic) bond motifs is 1. The van der Waals surface area contributed by atoms with Gasteiger partial charge in [-0.25, -0.2) is 32.3 Å². The fourth-order valence-corrected chi connectivity index (χ4v) is 4.73. The minimum atomic E-state index is -1.37. The Balaban J connectivity index is 1.64. The molecule has 190 valence electrons. The Bertz CT molecular complexity index is 1790. The van der Waals surface area contributed by atoms with Gasteiger partial charge < -0.3 is 5.32 Å². The van der Waals surface area contributed by atoms with E-state index in [0.29, 0.717) is 33.7 Å². The van der Waals surface area contributed by atoms with Crippen LogP contribution in [-0.2, 0) is 20.1 Å². The summed E-state index contributed by atoms with van der Waals surface area (Å²) in [6, 6.07) is 4.26. The number of thiazole rings is 1. The molecule has 0 aliphatic rings. The van der Waals surface area contributed by atoms with Gasteiger partial charge in [-0.2, -0.15) is 10.1 Å². The van der Waals surface area contributed by atoms with Gasteiger partial charge in [-0.3, -0.25) is 9.25 Å². The largest absolute Gasteiger partial charge is 0.355 e. The van der Waals surface area contributed by atoms with Crippen LogP contribution in [0.15, 0.2) is 46.2 Å². The summed E-state index contributed by atoms with van der Waals surface area (Å²) in [7, 11) is 1.74. The number of aryl methyl sites for hydroxylation is 2. The van der Waals surface area contributed by atoms with E-state index in [4.69, 9.17) is 11.6 Å². The van der Waals surface area contributed by atoms with Crippen molar-refractivity contribution in [3.05, 3.63) is 95.6 Å². The van der Waals surface area contributed by atoms with E-state index >= 15 is 0 Å². The average molecular weight is 548 g/mol. The summed E-state index contributed by atoms with van der Waals surface area (Å²) in [6.07, 6.45) is 3.34. The number of hydrogen-bond donors (Lipinski definition) is 1. The Morgan fingerprint density at radius 2 is 1.78 bits per heavy atom. The van der Waals surface area contributed by atoms with Gasteiger partial charge in [-0.1, -0.05) is 11.6 Å². The topological polar surface area (TPSA) is 99.6 Å². The van der Waals surface area contributed by atoms with Crippen molar-refractivity contribution in [2.24, 2.45) is 7.05 Å². The molecule has 0 radical (unpaired) electrons. The molecule has 0 saturated heterocycles. The van der Waals surface area contributed by atoms with Crippen LogP contribution in [0.3, 0.4) is 0 Å². The molecule has 0 aliphatic heterocycles. The molecule has 9 nitrogen and oxygen atoms in total. The third-order valence-electron chi connectivity index (χ3n) is 5.48. The third kappa shape index (κ3) is 4.87. The van der Waals surface area contributed by atoms with Crippen LogP contribution in [0.2, 0.25) is 5.02 Å². The first-order valence-corrected chi connectivity index (χ1v) is 11.9. The highest BCUT2D eigenvalue weighted by molar-refractivity contribution is 7.11. The lowest BCUT2D eigenvalue weighted by Crippen LogP contribution is -2.43. The first-order valence-electron chi connectivity index (χ1n) is 10.8. The number of hydrogen-bond acceptors (Lipinski definition) is 7. The molecule has 14 heteroatoms. The molecule has 0 saturated carbocycles. The molecule has 0 aliphatic carbocycles. The van der Waals surface area contributed by atoms with Crippen LogP contribution in [0.25, 0.3) is 10.9 Å². The Morgan fingerprint density at radius 1 is 1.03 bits per heavy atom. The number of nitrogens with zero attached hydrogens (tertiary/aromatic N) is 6. The molecule has 0 spiro atoms. The lowest BCUT2D eigenvalue weighted by atomic mass is 10.2. The van der Waals surface area contributed by atoms with Gasteiger partial charge in [-0.15, -0.1) is 11.3 Å². The molecule has 0 atom stereocenters. The Hall–Kier alpha value is -3.97. The molecule has 37 heavy (non-hydrogen) atoms. The molecule has 5 rings (SSSR count). The number of halogens is 4. The van der Waals surface area contributed by atoms with E-state index in [-0.39, 0.29) is 23.1 Å². The van der Waals surface area contributed by atoms with Crippen molar-refractivity contribution < 1.29 is 13.2 Å². The van der Waals surface area contributed by atoms with Crippen LogP contribution in [0.1, 0.15) is 15.4 Å². The Kier molecular flexibility index (Phi) is 6.33. The Morgan fingerprint density at radius 3 is 2.51 bits per heavy atom. The molecule has 0 bridgehead atoms. The summed E-state index contributed by atoms with van der Waals surface area (Å²) in [5.74, 6) is -4.00. The zero-order valence-corrected chi connectivity index (χ0v) is 20.9. The van der Waals surface area contributed by atoms with Crippen LogP contribution >= 0.6 is 22.9 Å².